The first-order valence-electron chi connectivity index (χ1n) is 11.1. The Morgan fingerprint density at radius 3 is 2.17 bits per heavy atom. The second-order valence-corrected chi connectivity index (χ2v) is 9.13. The number of benzene rings is 2. The van der Waals surface area contributed by atoms with Crippen LogP contribution >= 0.6 is 11.3 Å². The first-order chi connectivity index (χ1) is 17.3. The Hall–Kier alpha value is -4.11. The molecule has 0 spiro atoms. The number of anilines is 2. The number of hydrogen-bond acceptors (Lipinski definition) is 7. The molecule has 186 valence electrons. The number of pyridine rings is 1. The monoisotopic (exact) mass is 505 g/mol. The molecule has 2 heterocycles. The molecule has 2 aromatic heterocycles. The van der Waals surface area contributed by atoms with E-state index in [1.807, 2.05) is 50.2 Å². The predicted octanol–water partition coefficient (Wildman–Crippen LogP) is 5.47. The van der Waals surface area contributed by atoms with E-state index in [1.54, 1.807) is 24.1 Å². The van der Waals surface area contributed by atoms with Crippen LogP contribution in [-0.4, -0.2) is 45.2 Å². The fourth-order valence-electron chi connectivity index (χ4n) is 4.04. The second kappa shape index (κ2) is 10.2. The Morgan fingerprint density at radius 1 is 0.944 bits per heavy atom. The summed E-state index contributed by atoms with van der Waals surface area (Å²) in [5.41, 5.74) is 3.05. The highest BCUT2D eigenvalue weighted by Gasteiger charge is 2.28. The maximum Gasteiger partial charge on any atom is 0.270 e. The maximum atomic E-state index is 13.7. The molecule has 0 radical (unpaired) electrons. The zero-order valence-corrected chi connectivity index (χ0v) is 21.8. The first-order valence-corrected chi connectivity index (χ1v) is 12.0. The van der Waals surface area contributed by atoms with Crippen LogP contribution in [-0.2, 0) is 0 Å². The number of para-hydroxylation sites is 1. The quantitative estimate of drug-likeness (QED) is 0.358. The fourth-order valence-corrected chi connectivity index (χ4v) is 5.27. The normalized spacial score (nSPS) is 10.7. The topological polar surface area (TPSA) is 90.0 Å². The van der Waals surface area contributed by atoms with Crippen molar-refractivity contribution in [3.05, 3.63) is 70.2 Å². The summed E-state index contributed by atoms with van der Waals surface area (Å²) in [7, 11) is 6.15. The van der Waals surface area contributed by atoms with E-state index in [0.29, 0.717) is 21.1 Å². The molecule has 0 bridgehead atoms. The van der Waals surface area contributed by atoms with E-state index in [2.05, 4.69) is 10.3 Å². The molecule has 0 saturated heterocycles. The largest absolute Gasteiger partial charge is 0.496 e. The minimum absolute atomic E-state index is 0.188. The first kappa shape index (κ1) is 25.0. The van der Waals surface area contributed by atoms with Crippen LogP contribution in [0.1, 0.15) is 31.3 Å². The number of carbonyl (C=O) groups excluding carboxylic acids is 2. The van der Waals surface area contributed by atoms with Crippen LogP contribution in [0.4, 0.5) is 11.4 Å². The van der Waals surface area contributed by atoms with Gasteiger partial charge >= 0.3 is 0 Å². The molecule has 4 rings (SSSR count). The van der Waals surface area contributed by atoms with E-state index < -0.39 is 5.91 Å². The maximum absolute atomic E-state index is 13.7. The van der Waals surface area contributed by atoms with Crippen molar-refractivity contribution < 1.29 is 23.8 Å². The number of nitrogens with one attached hydrogen (secondary N) is 1. The highest BCUT2D eigenvalue weighted by molar-refractivity contribution is 7.21. The van der Waals surface area contributed by atoms with Crippen LogP contribution in [0.5, 0.6) is 17.2 Å². The SMILES string of the molecule is COc1cc(OC)c(C(=O)Nc2c(C(=O)N(C)c3ccccc3)sc3nc(C)cc(C)c23)c(OC)c1. The lowest BCUT2D eigenvalue weighted by Crippen LogP contribution is -2.26. The summed E-state index contributed by atoms with van der Waals surface area (Å²) in [6.07, 6.45) is 0. The average Bonchev–Trinajstić information content (AvgIpc) is 3.25. The van der Waals surface area contributed by atoms with E-state index >= 15 is 0 Å². The van der Waals surface area contributed by atoms with Crippen LogP contribution in [0.15, 0.2) is 48.5 Å². The van der Waals surface area contributed by atoms with Gasteiger partial charge in [0.1, 0.15) is 32.5 Å². The molecule has 0 unspecified atom stereocenters. The molecule has 0 aliphatic rings. The van der Waals surface area contributed by atoms with Gasteiger partial charge in [-0.2, -0.15) is 0 Å². The summed E-state index contributed by atoms with van der Waals surface area (Å²) in [4.78, 5) is 34.6. The van der Waals surface area contributed by atoms with Crippen molar-refractivity contribution in [3.8, 4) is 17.2 Å². The molecule has 0 aliphatic heterocycles. The molecule has 36 heavy (non-hydrogen) atoms. The van der Waals surface area contributed by atoms with Crippen LogP contribution < -0.4 is 24.4 Å². The van der Waals surface area contributed by atoms with Gasteiger partial charge in [-0.25, -0.2) is 4.98 Å². The van der Waals surface area contributed by atoms with E-state index in [9.17, 15) is 9.59 Å². The van der Waals surface area contributed by atoms with E-state index in [1.165, 1.54) is 32.7 Å². The Kier molecular flexibility index (Phi) is 7.12. The Labute approximate surface area is 213 Å². The van der Waals surface area contributed by atoms with Crippen LogP contribution in [0.25, 0.3) is 10.2 Å². The van der Waals surface area contributed by atoms with Crippen molar-refractivity contribution in [2.75, 3.05) is 38.6 Å². The lowest BCUT2D eigenvalue weighted by Gasteiger charge is -2.18. The number of fused-ring (bicyclic) bond motifs is 1. The van der Waals surface area contributed by atoms with E-state index in [4.69, 9.17) is 14.2 Å². The highest BCUT2D eigenvalue weighted by atomic mass is 32.1. The number of rotatable bonds is 7. The molecule has 2 amide bonds. The summed E-state index contributed by atoms with van der Waals surface area (Å²) < 4.78 is 16.2. The molecule has 4 aromatic rings. The van der Waals surface area contributed by atoms with Crippen molar-refractivity contribution >= 4 is 44.7 Å². The number of nitrogens with zero attached hydrogens (tertiary/aromatic N) is 2. The van der Waals surface area contributed by atoms with Gasteiger partial charge in [-0.3, -0.25) is 9.59 Å². The number of thiophene rings is 1. The predicted molar refractivity (Wildman–Crippen MR) is 142 cm³/mol. The lowest BCUT2D eigenvalue weighted by molar-refractivity contribution is 0.0997. The number of aromatic nitrogens is 1. The molecule has 0 aliphatic carbocycles. The fraction of sp³-hybridized carbons (Fsp3) is 0.222. The smallest absolute Gasteiger partial charge is 0.270 e. The number of ether oxygens (including phenoxy) is 3. The lowest BCUT2D eigenvalue weighted by atomic mass is 10.1. The summed E-state index contributed by atoms with van der Waals surface area (Å²) in [6.45, 7) is 3.83. The van der Waals surface area contributed by atoms with E-state index in [0.717, 1.165) is 22.3 Å². The third-order valence-corrected chi connectivity index (χ3v) is 6.88. The molecule has 0 saturated carbocycles. The van der Waals surface area contributed by atoms with Gasteiger partial charge < -0.3 is 24.4 Å². The van der Waals surface area contributed by atoms with Crippen LogP contribution in [0.2, 0.25) is 0 Å². The number of carbonyl (C=O) groups is 2. The van der Waals surface area contributed by atoms with Gasteiger partial charge in [-0.05, 0) is 37.6 Å². The second-order valence-electron chi connectivity index (χ2n) is 8.13. The van der Waals surface area contributed by atoms with Crippen molar-refractivity contribution in [2.45, 2.75) is 13.8 Å². The van der Waals surface area contributed by atoms with Crippen molar-refractivity contribution in [3.63, 3.8) is 0 Å². The van der Waals surface area contributed by atoms with Gasteiger partial charge in [-0.15, -0.1) is 11.3 Å². The van der Waals surface area contributed by atoms with Gasteiger partial charge in [0.25, 0.3) is 11.8 Å². The molecule has 8 nitrogen and oxygen atoms in total. The number of amides is 2. The minimum Gasteiger partial charge on any atom is -0.496 e. The van der Waals surface area contributed by atoms with Gasteiger partial charge in [0.05, 0.1) is 27.0 Å². The highest BCUT2D eigenvalue weighted by Crippen LogP contribution is 2.40. The zero-order valence-electron chi connectivity index (χ0n) is 21.0. The van der Waals surface area contributed by atoms with Gasteiger partial charge in [-0.1, -0.05) is 18.2 Å². The number of methoxy groups -OCH3 is 3. The van der Waals surface area contributed by atoms with Gasteiger partial charge in [0.15, 0.2) is 0 Å². The molecular formula is C27H27N3O5S. The average molecular weight is 506 g/mol. The van der Waals surface area contributed by atoms with Crippen molar-refractivity contribution in [2.24, 2.45) is 0 Å². The zero-order chi connectivity index (χ0) is 26.0. The molecule has 1 N–H and O–H groups in total. The Bertz CT molecular complexity index is 1420. The van der Waals surface area contributed by atoms with Gasteiger partial charge in [0, 0.05) is 35.9 Å². The Morgan fingerprint density at radius 2 is 1.58 bits per heavy atom. The molecule has 2 aromatic carbocycles. The van der Waals surface area contributed by atoms with Crippen LogP contribution in [0.3, 0.4) is 0 Å². The molecule has 0 atom stereocenters. The molecule has 9 heteroatoms. The third-order valence-electron chi connectivity index (χ3n) is 5.81. The minimum atomic E-state index is -0.484. The summed E-state index contributed by atoms with van der Waals surface area (Å²) in [5, 5.41) is 3.69. The molecular weight excluding hydrogens is 478 g/mol. The summed E-state index contributed by atoms with van der Waals surface area (Å²) >= 11 is 1.25. The van der Waals surface area contributed by atoms with Gasteiger partial charge in [0.2, 0.25) is 0 Å². The third kappa shape index (κ3) is 4.57. The standard InChI is InChI=1S/C27H27N3O5S/c1-15-12-16(2)28-26-21(15)23(24(36-26)27(32)30(3)17-10-8-7-9-11-17)29-25(31)22-19(34-5)13-18(33-4)14-20(22)35-6/h7-14H,1-6H3,(H,29,31). The number of hydrogen-bond donors (Lipinski definition) is 1. The Balaban J connectivity index is 1.85. The summed E-state index contributed by atoms with van der Waals surface area (Å²) in [5.74, 6) is 0.302. The molecule has 0 fully saturated rings. The summed E-state index contributed by atoms with van der Waals surface area (Å²) in [6, 6.07) is 14.5. The van der Waals surface area contributed by atoms with Crippen molar-refractivity contribution in [1.29, 1.82) is 0 Å². The van der Waals surface area contributed by atoms with Crippen LogP contribution in [0, 0.1) is 13.8 Å². The van der Waals surface area contributed by atoms with E-state index in [-0.39, 0.29) is 23.0 Å². The number of aryl methyl sites for hydroxylation is 2. The van der Waals surface area contributed by atoms with Crippen molar-refractivity contribution in [1.82, 2.24) is 4.98 Å².